The topological polar surface area (TPSA) is 32.7 Å². The Hall–Kier alpha value is -1.06. The zero-order chi connectivity index (χ0) is 15.4. The molecule has 0 aromatic heterocycles. The first-order valence-electron chi connectivity index (χ1n) is 8.12. The van der Waals surface area contributed by atoms with E-state index >= 15 is 0 Å². The van der Waals surface area contributed by atoms with Gasteiger partial charge in [0.25, 0.3) is 0 Å². The van der Waals surface area contributed by atoms with Crippen molar-refractivity contribution >= 4 is 0 Å². The third kappa shape index (κ3) is 4.21. The molecule has 3 nitrogen and oxygen atoms in total. The minimum atomic E-state index is -0.438. The van der Waals surface area contributed by atoms with E-state index in [0.717, 1.165) is 16.9 Å². The van der Waals surface area contributed by atoms with Crippen LogP contribution in [0.4, 0.5) is 0 Å². The van der Waals surface area contributed by atoms with Gasteiger partial charge in [0.2, 0.25) is 0 Å². The molecular weight excluding hydrogens is 262 g/mol. The van der Waals surface area contributed by atoms with E-state index in [1.807, 2.05) is 32.0 Å². The average Bonchev–Trinajstić information content (AvgIpc) is 2.42. The molecule has 0 spiro atoms. The van der Waals surface area contributed by atoms with Crippen LogP contribution in [0, 0.1) is 13.8 Å². The van der Waals surface area contributed by atoms with Gasteiger partial charge in [-0.3, -0.25) is 4.90 Å². The molecule has 0 saturated carbocycles. The lowest BCUT2D eigenvalue weighted by atomic mass is 9.97. The van der Waals surface area contributed by atoms with Crippen LogP contribution in [0.3, 0.4) is 0 Å². The summed E-state index contributed by atoms with van der Waals surface area (Å²) in [7, 11) is 0. The Morgan fingerprint density at radius 3 is 2.33 bits per heavy atom. The molecule has 3 heteroatoms. The van der Waals surface area contributed by atoms with Crippen LogP contribution in [0.1, 0.15) is 44.2 Å². The van der Waals surface area contributed by atoms with Crippen LogP contribution < -0.4 is 4.74 Å². The number of hydrogen-bond acceptors (Lipinski definition) is 3. The van der Waals surface area contributed by atoms with Gasteiger partial charge in [-0.25, -0.2) is 0 Å². The predicted octanol–water partition coefficient (Wildman–Crippen LogP) is 3.31. The average molecular weight is 291 g/mol. The SMILES string of the molecule is Cc1cccc(C)c1OCC(O)CN1C(C)CCCC1C. The van der Waals surface area contributed by atoms with E-state index < -0.39 is 6.10 Å². The van der Waals surface area contributed by atoms with E-state index in [0.29, 0.717) is 25.2 Å². The summed E-state index contributed by atoms with van der Waals surface area (Å²) in [5.41, 5.74) is 2.25. The number of aliphatic hydroxyl groups excluding tert-OH is 1. The van der Waals surface area contributed by atoms with Gasteiger partial charge in [0.05, 0.1) is 0 Å². The summed E-state index contributed by atoms with van der Waals surface area (Å²) in [4.78, 5) is 2.42. The van der Waals surface area contributed by atoms with Crippen molar-refractivity contribution in [3.05, 3.63) is 29.3 Å². The minimum Gasteiger partial charge on any atom is -0.490 e. The van der Waals surface area contributed by atoms with Gasteiger partial charge < -0.3 is 9.84 Å². The number of aryl methyl sites for hydroxylation is 2. The third-order valence-corrected chi connectivity index (χ3v) is 4.63. The Bertz CT molecular complexity index is 430. The number of benzene rings is 1. The van der Waals surface area contributed by atoms with Crippen molar-refractivity contribution in [1.29, 1.82) is 0 Å². The fourth-order valence-electron chi connectivity index (χ4n) is 3.34. The van der Waals surface area contributed by atoms with Crippen LogP contribution in [0.25, 0.3) is 0 Å². The molecule has 1 aromatic rings. The fourth-order valence-corrected chi connectivity index (χ4v) is 3.34. The molecule has 0 aliphatic carbocycles. The number of likely N-dealkylation sites (tertiary alicyclic amines) is 1. The van der Waals surface area contributed by atoms with Crippen molar-refractivity contribution < 1.29 is 9.84 Å². The first kappa shape index (κ1) is 16.3. The monoisotopic (exact) mass is 291 g/mol. The van der Waals surface area contributed by atoms with Crippen molar-refractivity contribution in [2.75, 3.05) is 13.2 Å². The number of aliphatic hydroxyl groups is 1. The van der Waals surface area contributed by atoms with Crippen molar-refractivity contribution in [3.8, 4) is 5.75 Å². The standard InChI is InChI=1S/C18H29NO2/c1-13-7-5-8-14(2)18(13)21-12-17(20)11-19-15(3)9-6-10-16(19)4/h5,7-8,15-17,20H,6,9-12H2,1-4H3. The van der Waals surface area contributed by atoms with E-state index in [2.05, 4.69) is 18.7 Å². The molecule has 0 bridgehead atoms. The zero-order valence-corrected chi connectivity index (χ0v) is 13.8. The number of para-hydroxylation sites is 1. The normalized spacial score (nSPS) is 24.8. The summed E-state index contributed by atoms with van der Waals surface area (Å²) in [6, 6.07) is 7.24. The molecule has 21 heavy (non-hydrogen) atoms. The Labute approximate surface area is 128 Å². The molecule has 1 saturated heterocycles. The molecule has 3 atom stereocenters. The molecule has 1 fully saturated rings. The van der Waals surface area contributed by atoms with Gasteiger partial charge in [-0.15, -0.1) is 0 Å². The molecule has 1 aliphatic rings. The summed E-state index contributed by atoms with van der Waals surface area (Å²) in [5.74, 6) is 0.913. The molecule has 1 N–H and O–H groups in total. The second-order valence-corrected chi connectivity index (χ2v) is 6.51. The maximum absolute atomic E-state index is 10.3. The van der Waals surface area contributed by atoms with Crippen LogP contribution in [0.15, 0.2) is 18.2 Å². The quantitative estimate of drug-likeness (QED) is 0.903. The van der Waals surface area contributed by atoms with E-state index in [4.69, 9.17) is 4.74 Å². The van der Waals surface area contributed by atoms with Crippen LogP contribution in [0.2, 0.25) is 0 Å². The number of ether oxygens (including phenoxy) is 1. The third-order valence-electron chi connectivity index (χ3n) is 4.63. The Balaban J connectivity index is 1.88. The van der Waals surface area contributed by atoms with Gasteiger partial charge >= 0.3 is 0 Å². The Morgan fingerprint density at radius 2 is 1.76 bits per heavy atom. The number of hydrogen-bond donors (Lipinski definition) is 1. The zero-order valence-electron chi connectivity index (χ0n) is 13.8. The molecule has 1 aromatic carbocycles. The highest BCUT2D eigenvalue weighted by Crippen LogP contribution is 2.24. The fraction of sp³-hybridized carbons (Fsp3) is 0.667. The number of piperidine rings is 1. The molecule has 1 heterocycles. The summed E-state index contributed by atoms with van der Waals surface area (Å²) >= 11 is 0. The van der Waals surface area contributed by atoms with Crippen molar-refractivity contribution in [3.63, 3.8) is 0 Å². The highest BCUT2D eigenvalue weighted by molar-refractivity contribution is 5.39. The van der Waals surface area contributed by atoms with Crippen LogP contribution >= 0.6 is 0 Å². The first-order chi connectivity index (χ1) is 9.99. The van der Waals surface area contributed by atoms with Gasteiger partial charge in [0.1, 0.15) is 18.5 Å². The molecule has 1 aliphatic heterocycles. The lowest BCUT2D eigenvalue weighted by Gasteiger charge is -2.40. The smallest absolute Gasteiger partial charge is 0.125 e. The largest absolute Gasteiger partial charge is 0.490 e. The summed E-state index contributed by atoms with van der Waals surface area (Å²) in [5, 5.41) is 10.3. The van der Waals surface area contributed by atoms with Gasteiger partial charge in [0, 0.05) is 18.6 Å². The van der Waals surface area contributed by atoms with Gasteiger partial charge in [0.15, 0.2) is 0 Å². The molecule has 3 unspecified atom stereocenters. The highest BCUT2D eigenvalue weighted by atomic mass is 16.5. The lowest BCUT2D eigenvalue weighted by molar-refractivity contribution is 0.0206. The van der Waals surface area contributed by atoms with Crippen molar-refractivity contribution in [2.24, 2.45) is 0 Å². The molecule has 0 radical (unpaired) electrons. The van der Waals surface area contributed by atoms with E-state index in [-0.39, 0.29) is 0 Å². The molecule has 0 amide bonds. The highest BCUT2D eigenvalue weighted by Gasteiger charge is 2.26. The predicted molar refractivity (Wildman–Crippen MR) is 86.9 cm³/mol. The maximum Gasteiger partial charge on any atom is 0.125 e. The van der Waals surface area contributed by atoms with Crippen LogP contribution in [-0.4, -0.2) is 41.3 Å². The lowest BCUT2D eigenvalue weighted by Crippen LogP contribution is -2.48. The second kappa shape index (κ2) is 7.28. The molecular formula is C18H29NO2. The van der Waals surface area contributed by atoms with Crippen molar-refractivity contribution in [2.45, 2.75) is 65.1 Å². The van der Waals surface area contributed by atoms with Gasteiger partial charge in [-0.2, -0.15) is 0 Å². The van der Waals surface area contributed by atoms with Crippen LogP contribution in [-0.2, 0) is 0 Å². The molecule has 118 valence electrons. The number of β-amino-alcohol motifs (C(OH)–C–C–N with tert-alkyl or cyclic N) is 1. The number of rotatable bonds is 5. The second-order valence-electron chi connectivity index (χ2n) is 6.51. The Kier molecular flexibility index (Phi) is 5.65. The summed E-state index contributed by atoms with van der Waals surface area (Å²) in [6.45, 7) is 9.67. The maximum atomic E-state index is 10.3. The minimum absolute atomic E-state index is 0.363. The van der Waals surface area contributed by atoms with Gasteiger partial charge in [-0.05, 0) is 51.7 Å². The summed E-state index contributed by atoms with van der Waals surface area (Å²) < 4.78 is 5.86. The summed E-state index contributed by atoms with van der Waals surface area (Å²) in [6.07, 6.45) is 3.32. The molecule has 2 rings (SSSR count). The van der Waals surface area contributed by atoms with Crippen molar-refractivity contribution in [1.82, 2.24) is 4.90 Å². The van der Waals surface area contributed by atoms with Crippen LogP contribution in [0.5, 0.6) is 5.75 Å². The van der Waals surface area contributed by atoms with Gasteiger partial charge in [-0.1, -0.05) is 24.6 Å². The van der Waals surface area contributed by atoms with E-state index in [9.17, 15) is 5.11 Å². The first-order valence-corrected chi connectivity index (χ1v) is 8.12. The van der Waals surface area contributed by atoms with E-state index in [1.165, 1.54) is 19.3 Å². The Morgan fingerprint density at radius 1 is 1.19 bits per heavy atom. The number of nitrogens with zero attached hydrogens (tertiary/aromatic N) is 1. The van der Waals surface area contributed by atoms with E-state index in [1.54, 1.807) is 0 Å².